The lowest BCUT2D eigenvalue weighted by atomic mass is 10.5. The largest absolute Gasteiger partial charge is 0.290 e. The van der Waals surface area contributed by atoms with Crippen LogP contribution in [0.4, 0.5) is 0 Å². The van der Waals surface area contributed by atoms with Crippen molar-refractivity contribution in [2.24, 2.45) is 0 Å². The van der Waals surface area contributed by atoms with Crippen LogP contribution in [-0.2, 0) is 4.79 Å². The standard InChI is InChI=1S/C8H6N3OS/c12-5-6-13-8-10-9-7-3-1-2-4-11(7)8/h1-4H,6H2. The second kappa shape index (κ2) is 3.57. The van der Waals surface area contributed by atoms with E-state index in [4.69, 9.17) is 0 Å². The highest BCUT2D eigenvalue weighted by Gasteiger charge is 2.03. The molecule has 0 bridgehead atoms. The van der Waals surface area contributed by atoms with Crippen LogP contribution in [-0.4, -0.2) is 26.6 Å². The van der Waals surface area contributed by atoms with Crippen LogP contribution in [0.3, 0.4) is 0 Å². The normalized spacial score (nSPS) is 10.5. The van der Waals surface area contributed by atoms with E-state index in [-0.39, 0.29) is 5.75 Å². The van der Waals surface area contributed by atoms with Crippen molar-refractivity contribution in [2.45, 2.75) is 5.16 Å². The second-order valence-electron chi connectivity index (χ2n) is 2.34. The predicted octanol–water partition coefficient (Wildman–Crippen LogP) is 0.931. The van der Waals surface area contributed by atoms with Crippen molar-refractivity contribution >= 4 is 23.7 Å². The number of rotatable bonds is 3. The zero-order valence-corrected chi connectivity index (χ0v) is 7.49. The van der Waals surface area contributed by atoms with Crippen molar-refractivity contribution in [1.29, 1.82) is 0 Å². The number of hydrogen-bond donors (Lipinski definition) is 0. The molecule has 5 heteroatoms. The first kappa shape index (κ1) is 8.25. The van der Waals surface area contributed by atoms with Gasteiger partial charge in [-0.1, -0.05) is 17.8 Å². The number of fused-ring (bicyclic) bond motifs is 1. The summed E-state index contributed by atoms with van der Waals surface area (Å²) in [5, 5.41) is 8.58. The number of nitrogens with zero attached hydrogens (tertiary/aromatic N) is 3. The van der Waals surface area contributed by atoms with Crippen LogP contribution in [0.15, 0.2) is 29.6 Å². The molecular weight excluding hydrogens is 186 g/mol. The van der Waals surface area contributed by atoms with Crippen molar-refractivity contribution in [3.8, 4) is 0 Å². The molecule has 0 saturated carbocycles. The highest BCUT2D eigenvalue weighted by Crippen LogP contribution is 2.14. The summed E-state index contributed by atoms with van der Waals surface area (Å²) in [5.74, 6) is 0.287. The van der Waals surface area contributed by atoms with Gasteiger partial charge in [0.2, 0.25) is 6.29 Å². The Hall–Kier alpha value is -1.36. The quantitative estimate of drug-likeness (QED) is 0.679. The highest BCUT2D eigenvalue weighted by molar-refractivity contribution is 7.99. The Labute approximate surface area is 79.0 Å². The van der Waals surface area contributed by atoms with Crippen LogP contribution in [0.25, 0.3) is 5.65 Å². The minimum absolute atomic E-state index is 0.287. The first-order chi connectivity index (χ1) is 6.42. The lowest BCUT2D eigenvalue weighted by Crippen LogP contribution is -1.87. The van der Waals surface area contributed by atoms with Gasteiger partial charge in [0.15, 0.2) is 10.8 Å². The lowest BCUT2D eigenvalue weighted by Gasteiger charge is -1.93. The zero-order chi connectivity index (χ0) is 9.10. The van der Waals surface area contributed by atoms with Crippen LogP contribution in [0.2, 0.25) is 0 Å². The lowest BCUT2D eigenvalue weighted by molar-refractivity contribution is 0.560. The first-order valence-corrected chi connectivity index (χ1v) is 4.68. The Morgan fingerprint density at radius 2 is 2.38 bits per heavy atom. The zero-order valence-electron chi connectivity index (χ0n) is 6.67. The summed E-state index contributed by atoms with van der Waals surface area (Å²) in [6.07, 6.45) is 3.67. The molecule has 0 atom stereocenters. The fourth-order valence-corrected chi connectivity index (χ4v) is 1.59. The Balaban J connectivity index is 2.40. The molecule has 2 aromatic rings. The van der Waals surface area contributed by atoms with Gasteiger partial charge >= 0.3 is 0 Å². The third kappa shape index (κ3) is 1.55. The molecule has 0 spiro atoms. The van der Waals surface area contributed by atoms with Crippen LogP contribution in [0.5, 0.6) is 0 Å². The maximum Gasteiger partial charge on any atom is 0.209 e. The average molecular weight is 192 g/mol. The molecule has 2 aromatic heterocycles. The number of aromatic nitrogens is 3. The minimum atomic E-state index is 0.287. The SMILES string of the molecule is O=[C]CSc1nnc2ccccn12. The van der Waals surface area contributed by atoms with Gasteiger partial charge in [-0.25, -0.2) is 0 Å². The van der Waals surface area contributed by atoms with Crippen molar-refractivity contribution in [3.05, 3.63) is 24.4 Å². The van der Waals surface area contributed by atoms with Crippen LogP contribution < -0.4 is 0 Å². The number of thioether (sulfide) groups is 1. The fraction of sp³-hybridized carbons (Fsp3) is 0.125. The summed E-state index contributed by atoms with van der Waals surface area (Å²) >= 11 is 1.32. The maximum atomic E-state index is 10.0. The van der Waals surface area contributed by atoms with E-state index >= 15 is 0 Å². The van der Waals surface area contributed by atoms with Gasteiger partial charge in [0.25, 0.3) is 0 Å². The summed E-state index contributed by atoms with van der Waals surface area (Å²) in [7, 11) is 0. The molecule has 0 aliphatic carbocycles. The molecule has 0 unspecified atom stereocenters. The first-order valence-electron chi connectivity index (χ1n) is 3.69. The molecular formula is C8H6N3OS. The van der Waals surface area contributed by atoms with Crippen molar-refractivity contribution in [2.75, 3.05) is 5.75 Å². The monoisotopic (exact) mass is 192 g/mol. The number of hydrogen-bond acceptors (Lipinski definition) is 4. The second-order valence-corrected chi connectivity index (χ2v) is 3.29. The molecule has 0 aromatic carbocycles. The molecule has 2 heterocycles. The molecule has 4 nitrogen and oxygen atoms in total. The van der Waals surface area contributed by atoms with E-state index in [1.165, 1.54) is 11.8 Å². The maximum absolute atomic E-state index is 10.0. The van der Waals surface area contributed by atoms with Gasteiger partial charge in [-0.15, -0.1) is 10.2 Å². The summed E-state index contributed by atoms with van der Waals surface area (Å²) in [6.45, 7) is 0. The third-order valence-corrected chi connectivity index (χ3v) is 2.34. The molecule has 0 aliphatic rings. The van der Waals surface area contributed by atoms with Gasteiger partial charge in [0.05, 0.1) is 5.75 Å². The molecule has 0 N–H and O–H groups in total. The van der Waals surface area contributed by atoms with Gasteiger partial charge in [-0.05, 0) is 12.1 Å². The third-order valence-electron chi connectivity index (χ3n) is 1.54. The predicted molar refractivity (Wildman–Crippen MR) is 49.4 cm³/mol. The van der Waals surface area contributed by atoms with Gasteiger partial charge in [-0.2, -0.15) is 0 Å². The summed E-state index contributed by atoms with van der Waals surface area (Å²) < 4.78 is 1.84. The molecule has 2 rings (SSSR count). The minimum Gasteiger partial charge on any atom is -0.290 e. The van der Waals surface area contributed by atoms with E-state index in [1.54, 1.807) is 6.29 Å². The summed E-state index contributed by atoms with van der Waals surface area (Å²) in [5.41, 5.74) is 0.788. The van der Waals surface area contributed by atoms with E-state index in [9.17, 15) is 4.79 Å². The van der Waals surface area contributed by atoms with Crippen LogP contribution in [0, 0.1) is 0 Å². The Kier molecular flexibility index (Phi) is 2.27. The average Bonchev–Trinajstić information content (AvgIpc) is 2.58. The van der Waals surface area contributed by atoms with E-state index in [0.717, 1.165) is 10.8 Å². The molecule has 65 valence electrons. The molecule has 0 aliphatic heterocycles. The topological polar surface area (TPSA) is 47.3 Å². The summed E-state index contributed by atoms with van der Waals surface area (Å²) in [4.78, 5) is 10.0. The summed E-state index contributed by atoms with van der Waals surface area (Å²) in [6, 6.07) is 5.65. The van der Waals surface area contributed by atoms with E-state index in [0.29, 0.717) is 0 Å². The smallest absolute Gasteiger partial charge is 0.209 e. The van der Waals surface area contributed by atoms with E-state index < -0.39 is 0 Å². The van der Waals surface area contributed by atoms with E-state index in [2.05, 4.69) is 10.2 Å². The van der Waals surface area contributed by atoms with Crippen molar-refractivity contribution in [3.63, 3.8) is 0 Å². The molecule has 13 heavy (non-hydrogen) atoms. The van der Waals surface area contributed by atoms with Gasteiger partial charge in [0.1, 0.15) is 0 Å². The van der Waals surface area contributed by atoms with Crippen LogP contribution >= 0.6 is 11.8 Å². The highest BCUT2D eigenvalue weighted by atomic mass is 32.2. The Morgan fingerprint density at radius 3 is 3.23 bits per heavy atom. The molecule has 0 fully saturated rings. The molecule has 1 radical (unpaired) electrons. The molecule has 0 saturated heterocycles. The van der Waals surface area contributed by atoms with E-state index in [1.807, 2.05) is 28.8 Å². The van der Waals surface area contributed by atoms with Crippen molar-refractivity contribution in [1.82, 2.24) is 14.6 Å². The number of pyridine rings is 1. The van der Waals surface area contributed by atoms with Crippen molar-refractivity contribution < 1.29 is 4.79 Å². The van der Waals surface area contributed by atoms with Gasteiger partial charge < -0.3 is 0 Å². The van der Waals surface area contributed by atoms with Gasteiger partial charge in [0, 0.05) is 6.20 Å². The van der Waals surface area contributed by atoms with Crippen LogP contribution in [0.1, 0.15) is 0 Å². The molecule has 0 amide bonds. The number of carbonyl (C=O) groups excluding carboxylic acids is 1. The Morgan fingerprint density at radius 1 is 1.46 bits per heavy atom. The fourth-order valence-electron chi connectivity index (χ4n) is 1.01. The Bertz CT molecular complexity index is 426. The van der Waals surface area contributed by atoms with Gasteiger partial charge in [-0.3, -0.25) is 9.20 Å².